The lowest BCUT2D eigenvalue weighted by atomic mass is 10.1. The van der Waals surface area contributed by atoms with Crippen LogP contribution in [0.3, 0.4) is 0 Å². The third-order valence-electron chi connectivity index (χ3n) is 4.25. The Hall–Kier alpha value is -3.03. The number of halogens is 2. The smallest absolute Gasteiger partial charge is 0.266 e. The van der Waals surface area contributed by atoms with Crippen molar-refractivity contribution in [3.63, 3.8) is 0 Å². The van der Waals surface area contributed by atoms with E-state index in [-0.39, 0.29) is 36.2 Å². The van der Waals surface area contributed by atoms with Gasteiger partial charge in [0.05, 0.1) is 23.9 Å². The minimum Gasteiger partial charge on any atom is -0.494 e. The van der Waals surface area contributed by atoms with Crippen LogP contribution in [-0.4, -0.2) is 35.4 Å². The summed E-state index contributed by atoms with van der Waals surface area (Å²) in [5.74, 6) is 0.737. The fraction of sp³-hybridized carbons (Fsp3) is 0.227. The first-order valence-electron chi connectivity index (χ1n) is 9.63. The van der Waals surface area contributed by atoms with Gasteiger partial charge in [-0.15, -0.1) is 0 Å². The molecule has 9 heteroatoms. The Balaban J connectivity index is 1.55. The predicted molar refractivity (Wildman–Crippen MR) is 120 cm³/mol. The van der Waals surface area contributed by atoms with E-state index in [9.17, 15) is 9.59 Å². The van der Waals surface area contributed by atoms with E-state index in [1.54, 1.807) is 24.3 Å². The van der Waals surface area contributed by atoms with Gasteiger partial charge in [-0.3, -0.25) is 9.59 Å². The van der Waals surface area contributed by atoms with E-state index >= 15 is 0 Å². The molecule has 0 aliphatic heterocycles. The number of nitrogens with zero attached hydrogens (tertiary/aromatic N) is 2. The monoisotopic (exact) mass is 461 g/mol. The second-order valence-corrected chi connectivity index (χ2v) is 7.21. The molecule has 3 rings (SSSR count). The number of hydrogen-bond donors (Lipinski definition) is 1. The summed E-state index contributed by atoms with van der Waals surface area (Å²) in [6, 6.07) is 15.5. The quantitative estimate of drug-likeness (QED) is 0.523. The molecule has 0 unspecified atom stereocenters. The molecule has 0 aliphatic carbocycles. The minimum absolute atomic E-state index is 0.213. The van der Waals surface area contributed by atoms with Crippen LogP contribution in [-0.2, 0) is 11.3 Å². The van der Waals surface area contributed by atoms with Crippen LogP contribution in [0.1, 0.15) is 6.92 Å². The van der Waals surface area contributed by atoms with E-state index in [4.69, 9.17) is 32.7 Å². The average Bonchev–Trinajstić information content (AvgIpc) is 2.77. The van der Waals surface area contributed by atoms with E-state index in [0.717, 1.165) is 11.3 Å². The number of carbonyl (C=O) groups is 1. The van der Waals surface area contributed by atoms with Crippen LogP contribution >= 0.6 is 23.2 Å². The van der Waals surface area contributed by atoms with Crippen molar-refractivity contribution in [2.75, 3.05) is 19.8 Å². The van der Waals surface area contributed by atoms with Crippen LogP contribution in [0.15, 0.2) is 59.4 Å². The Kier molecular flexibility index (Phi) is 7.92. The third-order valence-corrected chi connectivity index (χ3v) is 5.05. The molecule has 0 saturated heterocycles. The summed E-state index contributed by atoms with van der Waals surface area (Å²) in [5.41, 5.74) is 1.24. The SMILES string of the molecule is CCOc1ccc(-c2ccc(=O)n(CCNC(=O)COc3cccc(Cl)c3Cl)n2)cc1. The molecule has 0 fully saturated rings. The highest BCUT2D eigenvalue weighted by Crippen LogP contribution is 2.31. The Bertz CT molecular complexity index is 1100. The highest BCUT2D eigenvalue weighted by Gasteiger charge is 2.09. The molecular formula is C22H21Cl2N3O4. The lowest BCUT2D eigenvalue weighted by molar-refractivity contribution is -0.123. The molecule has 31 heavy (non-hydrogen) atoms. The maximum absolute atomic E-state index is 12.1. The summed E-state index contributed by atoms with van der Waals surface area (Å²) in [6.45, 7) is 2.71. The fourth-order valence-corrected chi connectivity index (χ4v) is 3.09. The van der Waals surface area contributed by atoms with Gasteiger partial charge < -0.3 is 14.8 Å². The zero-order valence-electron chi connectivity index (χ0n) is 16.8. The van der Waals surface area contributed by atoms with Crippen molar-refractivity contribution in [2.24, 2.45) is 0 Å². The summed E-state index contributed by atoms with van der Waals surface area (Å²) in [6.07, 6.45) is 0. The summed E-state index contributed by atoms with van der Waals surface area (Å²) >= 11 is 11.9. The van der Waals surface area contributed by atoms with Crippen molar-refractivity contribution >= 4 is 29.1 Å². The van der Waals surface area contributed by atoms with Gasteiger partial charge in [0, 0.05) is 18.2 Å². The van der Waals surface area contributed by atoms with Gasteiger partial charge in [0.1, 0.15) is 16.5 Å². The molecule has 0 radical (unpaired) electrons. The van der Waals surface area contributed by atoms with Crippen LogP contribution in [0.5, 0.6) is 11.5 Å². The van der Waals surface area contributed by atoms with Crippen molar-refractivity contribution in [3.05, 3.63) is 75.0 Å². The minimum atomic E-state index is -0.355. The maximum Gasteiger partial charge on any atom is 0.266 e. The van der Waals surface area contributed by atoms with E-state index < -0.39 is 0 Å². The molecule has 1 aromatic heterocycles. The lowest BCUT2D eigenvalue weighted by Crippen LogP contribution is -2.34. The van der Waals surface area contributed by atoms with Crippen LogP contribution in [0.4, 0.5) is 0 Å². The standard InChI is InChI=1S/C22H21Cl2N3O4/c1-2-30-16-8-6-15(7-9-16)18-10-11-21(29)27(26-18)13-12-25-20(28)14-31-19-5-3-4-17(23)22(19)24/h3-11H,2,12-14H2,1H3,(H,25,28). The molecule has 0 spiro atoms. The number of aromatic nitrogens is 2. The largest absolute Gasteiger partial charge is 0.494 e. The lowest BCUT2D eigenvalue weighted by Gasteiger charge is -2.11. The van der Waals surface area contributed by atoms with Gasteiger partial charge in [-0.05, 0) is 49.4 Å². The molecular weight excluding hydrogens is 441 g/mol. The van der Waals surface area contributed by atoms with Gasteiger partial charge in [0.25, 0.3) is 11.5 Å². The van der Waals surface area contributed by atoms with Crippen LogP contribution in [0, 0.1) is 0 Å². The fourth-order valence-electron chi connectivity index (χ4n) is 2.74. The summed E-state index contributed by atoms with van der Waals surface area (Å²) in [4.78, 5) is 24.1. The van der Waals surface area contributed by atoms with Crippen LogP contribution in [0.25, 0.3) is 11.3 Å². The van der Waals surface area contributed by atoms with Gasteiger partial charge in [-0.25, -0.2) is 4.68 Å². The van der Waals surface area contributed by atoms with Crippen LogP contribution < -0.4 is 20.3 Å². The van der Waals surface area contributed by atoms with Gasteiger partial charge in [-0.1, -0.05) is 29.3 Å². The normalized spacial score (nSPS) is 10.5. The first-order valence-corrected chi connectivity index (χ1v) is 10.4. The topological polar surface area (TPSA) is 82.5 Å². The second-order valence-electron chi connectivity index (χ2n) is 6.43. The Morgan fingerprint density at radius 2 is 1.84 bits per heavy atom. The Labute approximate surface area is 189 Å². The number of carbonyl (C=O) groups excluding carboxylic acids is 1. The maximum atomic E-state index is 12.1. The molecule has 0 saturated carbocycles. The van der Waals surface area contributed by atoms with Crippen LogP contribution in [0.2, 0.25) is 10.0 Å². The number of ether oxygens (including phenoxy) is 2. The molecule has 162 valence electrons. The van der Waals surface area contributed by atoms with Crippen molar-refractivity contribution in [1.29, 1.82) is 0 Å². The molecule has 7 nitrogen and oxygen atoms in total. The zero-order chi connectivity index (χ0) is 22.2. The van der Waals surface area contributed by atoms with E-state index in [2.05, 4.69) is 10.4 Å². The molecule has 3 aromatic rings. The first kappa shape index (κ1) is 22.7. The highest BCUT2D eigenvalue weighted by molar-refractivity contribution is 6.42. The molecule has 0 atom stereocenters. The summed E-state index contributed by atoms with van der Waals surface area (Å²) < 4.78 is 12.1. The molecule has 0 bridgehead atoms. The highest BCUT2D eigenvalue weighted by atomic mass is 35.5. The van der Waals surface area contributed by atoms with Gasteiger partial charge >= 0.3 is 0 Å². The van der Waals surface area contributed by atoms with Gasteiger partial charge in [0.2, 0.25) is 0 Å². The number of nitrogens with one attached hydrogen (secondary N) is 1. The van der Waals surface area contributed by atoms with Crippen molar-refractivity contribution < 1.29 is 14.3 Å². The first-order chi connectivity index (χ1) is 15.0. The van der Waals surface area contributed by atoms with E-state index in [1.807, 2.05) is 31.2 Å². The van der Waals surface area contributed by atoms with Gasteiger partial charge in [0.15, 0.2) is 6.61 Å². The van der Waals surface area contributed by atoms with E-state index in [1.165, 1.54) is 10.7 Å². The van der Waals surface area contributed by atoms with Gasteiger partial charge in [-0.2, -0.15) is 5.10 Å². The summed E-state index contributed by atoms with van der Waals surface area (Å²) in [5, 5.41) is 7.66. The Morgan fingerprint density at radius 3 is 2.58 bits per heavy atom. The predicted octanol–water partition coefficient (Wildman–Crippen LogP) is 3.81. The third kappa shape index (κ3) is 6.23. The average molecular weight is 462 g/mol. The number of benzene rings is 2. The van der Waals surface area contributed by atoms with Crippen molar-refractivity contribution in [2.45, 2.75) is 13.5 Å². The summed E-state index contributed by atoms with van der Waals surface area (Å²) in [7, 11) is 0. The number of rotatable bonds is 9. The number of hydrogen-bond acceptors (Lipinski definition) is 5. The van der Waals surface area contributed by atoms with E-state index in [0.29, 0.717) is 23.1 Å². The Morgan fingerprint density at radius 1 is 1.06 bits per heavy atom. The molecule has 2 aromatic carbocycles. The molecule has 0 aliphatic rings. The molecule has 1 amide bonds. The second kappa shape index (κ2) is 10.8. The van der Waals surface area contributed by atoms with Crippen molar-refractivity contribution in [1.82, 2.24) is 15.1 Å². The number of amides is 1. The van der Waals surface area contributed by atoms with Crippen molar-refractivity contribution in [3.8, 4) is 22.8 Å². The zero-order valence-corrected chi connectivity index (χ0v) is 18.3. The molecule has 1 N–H and O–H groups in total. The molecule has 1 heterocycles.